The van der Waals surface area contributed by atoms with E-state index in [1.54, 1.807) is 0 Å². The number of piperazine rings is 1. The number of fused-ring (bicyclic) bond motifs is 1. The van der Waals surface area contributed by atoms with Gasteiger partial charge in [-0.05, 0) is 45.7 Å². The summed E-state index contributed by atoms with van der Waals surface area (Å²) in [4.78, 5) is 16.9. The number of nitrogens with one attached hydrogen (secondary N) is 1. The molecular weight excluding hydrogens is 264 g/mol. The molecule has 5 heteroatoms. The molecule has 2 aliphatic heterocycles. The normalized spacial score (nSPS) is 27.0. The standard InChI is InChI=1S/C16H32N4O/c1-3-8-18-16(2,15(17)21)7-10-19-11-12-20-9-5-4-6-14(20)13-19/h14,18H,3-13H2,1-2H3,(H2,17,21). The first kappa shape index (κ1) is 16.7. The summed E-state index contributed by atoms with van der Waals surface area (Å²) in [6.45, 7) is 10.6. The molecule has 0 aromatic heterocycles. The summed E-state index contributed by atoms with van der Waals surface area (Å²) < 4.78 is 0. The molecule has 2 saturated heterocycles. The first-order valence-corrected chi connectivity index (χ1v) is 8.56. The summed E-state index contributed by atoms with van der Waals surface area (Å²) in [6, 6.07) is 0.732. The predicted octanol–water partition coefficient (Wildman–Crippen LogP) is 0.790. The van der Waals surface area contributed by atoms with Crippen LogP contribution in [0.1, 0.15) is 46.0 Å². The van der Waals surface area contributed by atoms with Crippen LogP contribution in [0.4, 0.5) is 0 Å². The lowest BCUT2D eigenvalue weighted by Crippen LogP contribution is -2.58. The summed E-state index contributed by atoms with van der Waals surface area (Å²) in [5, 5.41) is 3.33. The van der Waals surface area contributed by atoms with E-state index in [1.807, 2.05) is 6.92 Å². The maximum absolute atomic E-state index is 11.8. The highest BCUT2D eigenvalue weighted by Crippen LogP contribution is 2.22. The van der Waals surface area contributed by atoms with Crippen LogP contribution in [0.2, 0.25) is 0 Å². The summed E-state index contributed by atoms with van der Waals surface area (Å²) in [5.41, 5.74) is 5.04. The quantitative estimate of drug-likeness (QED) is 0.729. The molecule has 0 saturated carbocycles. The fourth-order valence-corrected chi connectivity index (χ4v) is 3.50. The largest absolute Gasteiger partial charge is 0.368 e. The molecule has 1 amide bonds. The van der Waals surface area contributed by atoms with Crippen molar-refractivity contribution in [1.82, 2.24) is 15.1 Å². The average Bonchev–Trinajstić information content (AvgIpc) is 2.50. The van der Waals surface area contributed by atoms with Gasteiger partial charge in [-0.25, -0.2) is 0 Å². The van der Waals surface area contributed by atoms with E-state index in [1.165, 1.54) is 32.4 Å². The third-order valence-electron chi connectivity index (χ3n) is 5.16. The highest BCUT2D eigenvalue weighted by molar-refractivity contribution is 5.84. The topological polar surface area (TPSA) is 61.6 Å². The van der Waals surface area contributed by atoms with Gasteiger partial charge >= 0.3 is 0 Å². The number of primary amides is 1. The van der Waals surface area contributed by atoms with Crippen molar-refractivity contribution >= 4 is 5.91 Å². The van der Waals surface area contributed by atoms with Gasteiger partial charge in [-0.1, -0.05) is 13.3 Å². The van der Waals surface area contributed by atoms with Gasteiger partial charge in [-0.3, -0.25) is 9.69 Å². The number of hydrogen-bond donors (Lipinski definition) is 2. The van der Waals surface area contributed by atoms with Crippen LogP contribution in [-0.2, 0) is 4.79 Å². The monoisotopic (exact) mass is 296 g/mol. The van der Waals surface area contributed by atoms with Crippen molar-refractivity contribution in [2.24, 2.45) is 5.73 Å². The number of carbonyl (C=O) groups excluding carboxylic acids is 1. The molecule has 0 radical (unpaired) electrons. The molecule has 0 aliphatic carbocycles. The van der Waals surface area contributed by atoms with E-state index in [4.69, 9.17) is 5.73 Å². The Hall–Kier alpha value is -0.650. The van der Waals surface area contributed by atoms with Crippen LogP contribution in [-0.4, -0.2) is 66.6 Å². The molecule has 2 rings (SSSR count). The van der Waals surface area contributed by atoms with Gasteiger partial charge in [-0.15, -0.1) is 0 Å². The van der Waals surface area contributed by atoms with Gasteiger partial charge in [0.25, 0.3) is 0 Å². The molecule has 5 nitrogen and oxygen atoms in total. The van der Waals surface area contributed by atoms with Gasteiger partial charge in [0.2, 0.25) is 5.91 Å². The molecule has 0 bridgehead atoms. The Labute approximate surface area is 129 Å². The van der Waals surface area contributed by atoms with Crippen molar-refractivity contribution in [3.05, 3.63) is 0 Å². The number of nitrogens with two attached hydrogens (primary N) is 1. The van der Waals surface area contributed by atoms with Crippen molar-refractivity contribution in [3.8, 4) is 0 Å². The zero-order chi connectivity index (χ0) is 15.3. The van der Waals surface area contributed by atoms with Crippen molar-refractivity contribution in [2.45, 2.75) is 57.5 Å². The van der Waals surface area contributed by atoms with Gasteiger partial charge in [0.15, 0.2) is 0 Å². The molecule has 3 N–H and O–H groups in total. The molecule has 2 unspecified atom stereocenters. The molecule has 2 heterocycles. The maximum Gasteiger partial charge on any atom is 0.237 e. The Kier molecular flexibility index (Phi) is 6.02. The van der Waals surface area contributed by atoms with E-state index in [0.29, 0.717) is 0 Å². The minimum absolute atomic E-state index is 0.229. The minimum atomic E-state index is -0.570. The van der Waals surface area contributed by atoms with Gasteiger partial charge < -0.3 is 16.0 Å². The number of amides is 1. The van der Waals surface area contributed by atoms with Crippen LogP contribution in [0, 0.1) is 0 Å². The van der Waals surface area contributed by atoms with Crippen molar-refractivity contribution in [1.29, 1.82) is 0 Å². The maximum atomic E-state index is 11.8. The third kappa shape index (κ3) is 4.41. The van der Waals surface area contributed by atoms with Crippen LogP contribution < -0.4 is 11.1 Å². The summed E-state index contributed by atoms with van der Waals surface area (Å²) in [6.07, 6.45) is 5.87. The number of hydrogen-bond acceptors (Lipinski definition) is 4. The summed E-state index contributed by atoms with van der Waals surface area (Å²) in [7, 11) is 0. The number of piperidine rings is 1. The van der Waals surface area contributed by atoms with Gasteiger partial charge in [0.1, 0.15) is 0 Å². The van der Waals surface area contributed by atoms with Crippen molar-refractivity contribution < 1.29 is 4.79 Å². The Morgan fingerprint density at radius 3 is 2.86 bits per heavy atom. The summed E-state index contributed by atoms with van der Waals surface area (Å²) in [5.74, 6) is -0.229. The molecule has 122 valence electrons. The van der Waals surface area contributed by atoms with Crippen LogP contribution in [0.25, 0.3) is 0 Å². The highest BCUT2D eigenvalue weighted by Gasteiger charge is 2.33. The fourth-order valence-electron chi connectivity index (χ4n) is 3.50. The minimum Gasteiger partial charge on any atom is -0.368 e. The number of nitrogens with zero attached hydrogens (tertiary/aromatic N) is 2. The summed E-state index contributed by atoms with van der Waals surface area (Å²) >= 11 is 0. The SMILES string of the molecule is CCCNC(C)(CCN1CCN2CCCCC2C1)C(N)=O. The first-order chi connectivity index (χ1) is 10.0. The smallest absolute Gasteiger partial charge is 0.237 e. The molecule has 0 aromatic carbocycles. The van der Waals surface area contributed by atoms with Crippen molar-refractivity contribution in [3.63, 3.8) is 0 Å². The molecule has 0 aromatic rings. The van der Waals surface area contributed by atoms with E-state index < -0.39 is 5.54 Å². The van der Waals surface area contributed by atoms with Crippen LogP contribution in [0.3, 0.4) is 0 Å². The zero-order valence-electron chi connectivity index (χ0n) is 13.7. The van der Waals surface area contributed by atoms with E-state index >= 15 is 0 Å². The van der Waals surface area contributed by atoms with Crippen LogP contribution in [0.5, 0.6) is 0 Å². The zero-order valence-corrected chi connectivity index (χ0v) is 13.7. The Morgan fingerprint density at radius 1 is 1.33 bits per heavy atom. The molecule has 2 atom stereocenters. The molecule has 2 fully saturated rings. The van der Waals surface area contributed by atoms with Crippen molar-refractivity contribution in [2.75, 3.05) is 39.3 Å². The Balaban J connectivity index is 1.82. The van der Waals surface area contributed by atoms with Gasteiger partial charge in [-0.2, -0.15) is 0 Å². The Bertz CT molecular complexity index is 349. The second kappa shape index (κ2) is 7.56. The third-order valence-corrected chi connectivity index (χ3v) is 5.16. The van der Waals surface area contributed by atoms with Crippen LogP contribution in [0.15, 0.2) is 0 Å². The molecule has 0 spiro atoms. The lowest BCUT2D eigenvalue weighted by atomic mass is 9.95. The molecule has 2 aliphatic rings. The second-order valence-corrected chi connectivity index (χ2v) is 6.86. The second-order valence-electron chi connectivity index (χ2n) is 6.86. The molecular formula is C16H32N4O. The number of carbonyl (C=O) groups is 1. The van der Waals surface area contributed by atoms with Crippen LogP contribution >= 0.6 is 0 Å². The average molecular weight is 296 g/mol. The fraction of sp³-hybridized carbons (Fsp3) is 0.938. The first-order valence-electron chi connectivity index (χ1n) is 8.56. The lowest BCUT2D eigenvalue weighted by molar-refractivity contribution is -0.124. The van der Waals surface area contributed by atoms with E-state index in [2.05, 4.69) is 22.0 Å². The Morgan fingerprint density at radius 2 is 2.14 bits per heavy atom. The van der Waals surface area contributed by atoms with E-state index in [9.17, 15) is 4.79 Å². The predicted molar refractivity (Wildman–Crippen MR) is 86.2 cm³/mol. The van der Waals surface area contributed by atoms with E-state index in [0.717, 1.165) is 45.1 Å². The van der Waals surface area contributed by atoms with E-state index in [-0.39, 0.29) is 5.91 Å². The molecule has 21 heavy (non-hydrogen) atoms. The highest BCUT2D eigenvalue weighted by atomic mass is 16.1. The van der Waals surface area contributed by atoms with Gasteiger partial charge in [0.05, 0.1) is 5.54 Å². The number of rotatable bonds is 7. The van der Waals surface area contributed by atoms with Gasteiger partial charge in [0, 0.05) is 32.2 Å². The lowest BCUT2D eigenvalue weighted by Gasteiger charge is -2.44.